The highest BCUT2D eigenvalue weighted by atomic mass is 16.7. The Balaban J connectivity index is 1.61. The second kappa shape index (κ2) is 9.78. The maximum absolute atomic E-state index is 13.1. The molecule has 34 heavy (non-hydrogen) atoms. The fourth-order valence-electron chi connectivity index (χ4n) is 4.08. The first-order valence-electron chi connectivity index (χ1n) is 12.0. The summed E-state index contributed by atoms with van der Waals surface area (Å²) in [5.74, 6) is 0.690. The van der Waals surface area contributed by atoms with Gasteiger partial charge in [0, 0.05) is 24.7 Å². The molecule has 2 aliphatic heterocycles. The number of hydrogen-bond acceptors (Lipinski definition) is 6. The molecule has 1 aromatic rings. The van der Waals surface area contributed by atoms with Crippen molar-refractivity contribution in [2.75, 3.05) is 20.2 Å². The van der Waals surface area contributed by atoms with Gasteiger partial charge in [-0.25, -0.2) is 4.79 Å². The molecule has 1 aromatic carbocycles. The number of benzene rings is 1. The first-order chi connectivity index (χ1) is 15.7. The number of likely N-dealkylation sites (tertiary alicyclic amines) is 1. The van der Waals surface area contributed by atoms with Crippen molar-refractivity contribution >= 4 is 24.6 Å². The van der Waals surface area contributed by atoms with E-state index in [9.17, 15) is 9.59 Å². The molecule has 0 atom stereocenters. The van der Waals surface area contributed by atoms with Crippen molar-refractivity contribution in [1.29, 1.82) is 0 Å². The monoisotopic (exact) mass is 474 g/mol. The number of rotatable bonds is 5. The number of methoxy groups -OCH3 is 1. The van der Waals surface area contributed by atoms with Crippen LogP contribution in [0.15, 0.2) is 18.2 Å². The molecular weight excluding hydrogens is 435 g/mol. The average Bonchev–Trinajstić information content (AvgIpc) is 2.94. The van der Waals surface area contributed by atoms with Crippen molar-refractivity contribution in [3.63, 3.8) is 0 Å². The minimum absolute atomic E-state index is 0.000127. The Bertz CT molecular complexity index is 887. The Morgan fingerprint density at radius 3 is 2.24 bits per heavy atom. The molecule has 0 radical (unpaired) electrons. The van der Waals surface area contributed by atoms with Gasteiger partial charge in [0.05, 0.1) is 24.7 Å². The van der Waals surface area contributed by atoms with Crippen molar-refractivity contribution in [2.45, 2.75) is 90.6 Å². The van der Waals surface area contributed by atoms with E-state index in [0.717, 1.165) is 11.0 Å². The molecule has 0 unspecified atom stereocenters. The van der Waals surface area contributed by atoms with Crippen molar-refractivity contribution in [1.82, 2.24) is 10.2 Å². The summed E-state index contributed by atoms with van der Waals surface area (Å²) in [7, 11) is 1.10. The van der Waals surface area contributed by atoms with Gasteiger partial charge in [-0.1, -0.05) is 12.1 Å². The lowest BCUT2D eigenvalue weighted by Crippen LogP contribution is -2.48. The fourth-order valence-corrected chi connectivity index (χ4v) is 4.08. The van der Waals surface area contributed by atoms with Gasteiger partial charge >= 0.3 is 13.2 Å². The molecule has 3 rings (SSSR count). The summed E-state index contributed by atoms with van der Waals surface area (Å²) in [6, 6.07) is 5.72. The standard InChI is InChI=1S/C25H39BN2O6/c1-23(2,3)32-22(30)27-19-11-13-28(14-12-19)21(29)16-17-15-18(9-10-20(17)31-8)26-33-24(4,5)25(6,7)34-26/h9-10,15,19H,11-14,16H2,1-8H3,(H,27,30). The number of nitrogens with one attached hydrogen (secondary N) is 1. The molecule has 2 aliphatic rings. The summed E-state index contributed by atoms with van der Waals surface area (Å²) < 4.78 is 23.2. The van der Waals surface area contributed by atoms with Crippen LogP contribution in [0.5, 0.6) is 5.75 Å². The number of carbonyl (C=O) groups excluding carboxylic acids is 2. The van der Waals surface area contributed by atoms with Crippen LogP contribution in [0.25, 0.3) is 0 Å². The Kier molecular flexibility index (Phi) is 7.58. The second-order valence-corrected chi connectivity index (χ2v) is 11.1. The zero-order valence-electron chi connectivity index (χ0n) is 21.8. The Labute approximate surface area is 203 Å². The molecule has 1 N–H and O–H groups in total. The van der Waals surface area contributed by atoms with Crippen molar-refractivity contribution in [2.24, 2.45) is 0 Å². The summed E-state index contributed by atoms with van der Waals surface area (Å²) in [5, 5.41) is 2.91. The lowest BCUT2D eigenvalue weighted by molar-refractivity contribution is -0.131. The molecule has 9 heteroatoms. The molecule has 2 saturated heterocycles. The van der Waals surface area contributed by atoms with Gasteiger partial charge in [0.25, 0.3) is 0 Å². The number of nitrogens with zero attached hydrogens (tertiary/aromatic N) is 1. The van der Waals surface area contributed by atoms with Crippen LogP contribution in [0.3, 0.4) is 0 Å². The molecule has 0 bridgehead atoms. The average molecular weight is 474 g/mol. The topological polar surface area (TPSA) is 86.3 Å². The number of amides is 2. The number of ether oxygens (including phenoxy) is 2. The highest BCUT2D eigenvalue weighted by molar-refractivity contribution is 6.62. The first kappa shape index (κ1) is 26.4. The summed E-state index contributed by atoms with van der Waals surface area (Å²) in [6.45, 7) is 14.7. The number of hydrogen-bond donors (Lipinski definition) is 1. The van der Waals surface area contributed by atoms with E-state index in [0.29, 0.717) is 31.7 Å². The first-order valence-corrected chi connectivity index (χ1v) is 12.0. The maximum atomic E-state index is 13.1. The number of alkyl carbamates (subject to hydrolysis) is 1. The molecule has 2 amide bonds. The van der Waals surface area contributed by atoms with Crippen LogP contribution in [0, 0.1) is 0 Å². The van der Waals surface area contributed by atoms with E-state index < -0.39 is 30.0 Å². The van der Waals surface area contributed by atoms with E-state index in [1.54, 1.807) is 7.11 Å². The predicted octanol–water partition coefficient (Wildman–Crippen LogP) is 3.05. The van der Waals surface area contributed by atoms with Crippen molar-refractivity contribution in [3.8, 4) is 5.75 Å². The van der Waals surface area contributed by atoms with Gasteiger partial charge in [-0.15, -0.1) is 0 Å². The molecule has 8 nitrogen and oxygen atoms in total. The number of carbonyl (C=O) groups is 2. The van der Waals surface area contributed by atoms with E-state index >= 15 is 0 Å². The van der Waals surface area contributed by atoms with Gasteiger partial charge < -0.3 is 29.0 Å². The van der Waals surface area contributed by atoms with Crippen LogP contribution in [-0.2, 0) is 25.3 Å². The molecule has 0 spiro atoms. The Morgan fingerprint density at radius 1 is 1.12 bits per heavy atom. The molecular formula is C25H39BN2O6. The van der Waals surface area contributed by atoms with Crippen LogP contribution < -0.4 is 15.5 Å². The fraction of sp³-hybridized carbons (Fsp3) is 0.680. The van der Waals surface area contributed by atoms with Crippen LogP contribution in [-0.4, -0.2) is 67.1 Å². The molecule has 2 heterocycles. The minimum Gasteiger partial charge on any atom is -0.496 e. The molecule has 0 aliphatic carbocycles. The Morgan fingerprint density at radius 2 is 1.71 bits per heavy atom. The van der Waals surface area contributed by atoms with Gasteiger partial charge in [-0.2, -0.15) is 0 Å². The van der Waals surface area contributed by atoms with E-state index in [1.807, 2.05) is 71.6 Å². The minimum atomic E-state index is -0.533. The molecule has 188 valence electrons. The van der Waals surface area contributed by atoms with Crippen LogP contribution in [0.2, 0.25) is 0 Å². The third-order valence-electron chi connectivity index (χ3n) is 6.74. The normalized spacial score (nSPS) is 20.2. The summed E-state index contributed by atoms with van der Waals surface area (Å²) in [6.07, 6.45) is 1.19. The van der Waals surface area contributed by atoms with E-state index in [2.05, 4.69) is 5.32 Å². The molecule has 0 saturated carbocycles. The zero-order chi connectivity index (χ0) is 25.3. The van der Waals surface area contributed by atoms with Gasteiger partial charge in [-0.3, -0.25) is 4.79 Å². The third kappa shape index (κ3) is 6.24. The summed E-state index contributed by atoms with van der Waals surface area (Å²) in [5.41, 5.74) is 0.251. The van der Waals surface area contributed by atoms with E-state index in [1.165, 1.54) is 0 Å². The van der Waals surface area contributed by atoms with Gasteiger partial charge in [0.1, 0.15) is 11.4 Å². The van der Waals surface area contributed by atoms with E-state index in [-0.39, 0.29) is 18.4 Å². The number of piperidine rings is 1. The highest BCUT2D eigenvalue weighted by Gasteiger charge is 2.51. The summed E-state index contributed by atoms with van der Waals surface area (Å²) >= 11 is 0. The SMILES string of the molecule is COc1ccc(B2OC(C)(C)C(C)(C)O2)cc1CC(=O)N1CCC(NC(=O)OC(C)(C)C)CC1. The van der Waals surface area contributed by atoms with Crippen molar-refractivity contribution in [3.05, 3.63) is 23.8 Å². The van der Waals surface area contributed by atoms with Crippen LogP contribution >= 0.6 is 0 Å². The van der Waals surface area contributed by atoms with Crippen molar-refractivity contribution < 1.29 is 28.4 Å². The largest absolute Gasteiger partial charge is 0.496 e. The van der Waals surface area contributed by atoms with Gasteiger partial charge in [0.15, 0.2) is 0 Å². The molecule has 2 fully saturated rings. The smallest absolute Gasteiger partial charge is 0.494 e. The lowest BCUT2D eigenvalue weighted by atomic mass is 9.78. The third-order valence-corrected chi connectivity index (χ3v) is 6.74. The maximum Gasteiger partial charge on any atom is 0.494 e. The Hall–Kier alpha value is -2.26. The summed E-state index contributed by atoms with van der Waals surface area (Å²) in [4.78, 5) is 27.0. The highest BCUT2D eigenvalue weighted by Crippen LogP contribution is 2.36. The van der Waals surface area contributed by atoms with Gasteiger partial charge in [0.2, 0.25) is 5.91 Å². The zero-order valence-corrected chi connectivity index (χ0v) is 21.8. The van der Waals surface area contributed by atoms with Gasteiger partial charge in [-0.05, 0) is 72.8 Å². The van der Waals surface area contributed by atoms with E-state index in [4.69, 9.17) is 18.8 Å². The quantitative estimate of drug-likeness (QED) is 0.661. The lowest BCUT2D eigenvalue weighted by Gasteiger charge is -2.33. The predicted molar refractivity (Wildman–Crippen MR) is 131 cm³/mol. The second-order valence-electron chi connectivity index (χ2n) is 11.1. The van der Waals surface area contributed by atoms with Crippen LogP contribution in [0.1, 0.15) is 66.9 Å². The molecule has 0 aromatic heterocycles. The van der Waals surface area contributed by atoms with Crippen LogP contribution in [0.4, 0.5) is 4.79 Å².